The Kier molecular flexibility index (Phi) is 5.91. The van der Waals surface area contributed by atoms with Crippen LogP contribution in [0.4, 0.5) is 0 Å². The van der Waals surface area contributed by atoms with E-state index in [0.29, 0.717) is 30.0 Å². The Morgan fingerprint density at radius 3 is 2.75 bits per heavy atom. The highest BCUT2D eigenvalue weighted by molar-refractivity contribution is 5.32. The molecule has 1 aromatic rings. The molecule has 130 valence electrons. The van der Waals surface area contributed by atoms with E-state index in [-0.39, 0.29) is 0 Å². The first-order valence-corrected chi connectivity index (χ1v) is 9.55. The van der Waals surface area contributed by atoms with Crippen molar-refractivity contribution in [2.75, 3.05) is 7.05 Å². The molecule has 0 amide bonds. The van der Waals surface area contributed by atoms with Crippen LogP contribution < -0.4 is 10.6 Å². The van der Waals surface area contributed by atoms with Gasteiger partial charge in [0.25, 0.3) is 0 Å². The molecule has 3 rings (SSSR count). The van der Waals surface area contributed by atoms with E-state index >= 15 is 0 Å². The standard InChI is InChI=1S/C22H32N2/c1-16-9-4-5-11-19(16)15-22(23-3)17(2)24-21-14-8-12-18-10-6-7-13-20(18)21/h4-7,9-11,13,16-17,19,21-24H,8,12,14-15H2,1-3H3. The maximum atomic E-state index is 3.93. The van der Waals surface area contributed by atoms with Crippen LogP contribution in [0, 0.1) is 11.8 Å². The summed E-state index contributed by atoms with van der Waals surface area (Å²) in [4.78, 5) is 0. The van der Waals surface area contributed by atoms with E-state index in [2.05, 4.69) is 80.1 Å². The first kappa shape index (κ1) is 17.4. The van der Waals surface area contributed by atoms with Gasteiger partial charge in [0.15, 0.2) is 0 Å². The molecule has 5 atom stereocenters. The number of hydrogen-bond donors (Lipinski definition) is 2. The van der Waals surface area contributed by atoms with Crippen molar-refractivity contribution in [1.29, 1.82) is 0 Å². The van der Waals surface area contributed by atoms with Crippen molar-refractivity contribution in [3.8, 4) is 0 Å². The summed E-state index contributed by atoms with van der Waals surface area (Å²) in [5.41, 5.74) is 3.04. The van der Waals surface area contributed by atoms with Crippen LogP contribution in [0.15, 0.2) is 48.6 Å². The predicted molar refractivity (Wildman–Crippen MR) is 103 cm³/mol. The number of aryl methyl sites for hydroxylation is 1. The zero-order valence-electron chi connectivity index (χ0n) is 15.3. The van der Waals surface area contributed by atoms with Crippen LogP contribution in [0.1, 0.15) is 50.3 Å². The van der Waals surface area contributed by atoms with Crippen molar-refractivity contribution in [2.45, 2.75) is 57.7 Å². The summed E-state index contributed by atoms with van der Waals surface area (Å²) in [6.45, 7) is 4.66. The highest BCUT2D eigenvalue weighted by Gasteiger charge is 2.26. The second-order valence-electron chi connectivity index (χ2n) is 7.52. The molecule has 0 radical (unpaired) electrons. The lowest BCUT2D eigenvalue weighted by molar-refractivity contribution is 0.300. The van der Waals surface area contributed by atoms with Crippen LogP contribution in [0.2, 0.25) is 0 Å². The normalized spacial score (nSPS) is 28.4. The largest absolute Gasteiger partial charge is 0.315 e. The van der Waals surface area contributed by atoms with Crippen LogP contribution >= 0.6 is 0 Å². The van der Waals surface area contributed by atoms with Crippen LogP contribution in [0.25, 0.3) is 0 Å². The fourth-order valence-corrected chi connectivity index (χ4v) is 4.28. The molecule has 24 heavy (non-hydrogen) atoms. The summed E-state index contributed by atoms with van der Waals surface area (Å²) in [5, 5.41) is 7.49. The third kappa shape index (κ3) is 3.99. The van der Waals surface area contributed by atoms with Gasteiger partial charge in [-0.15, -0.1) is 0 Å². The van der Waals surface area contributed by atoms with Crippen molar-refractivity contribution >= 4 is 0 Å². The molecule has 0 bridgehead atoms. The zero-order valence-corrected chi connectivity index (χ0v) is 15.3. The topological polar surface area (TPSA) is 24.1 Å². The van der Waals surface area contributed by atoms with Gasteiger partial charge in [-0.25, -0.2) is 0 Å². The molecule has 2 heteroatoms. The first-order valence-electron chi connectivity index (χ1n) is 9.55. The molecule has 0 heterocycles. The minimum atomic E-state index is 0.456. The van der Waals surface area contributed by atoms with Crippen LogP contribution in [-0.4, -0.2) is 19.1 Å². The van der Waals surface area contributed by atoms with Gasteiger partial charge in [0, 0.05) is 18.1 Å². The molecule has 1 aromatic carbocycles. The first-order chi connectivity index (χ1) is 11.7. The highest BCUT2D eigenvalue weighted by atomic mass is 15.0. The molecule has 0 saturated carbocycles. The average Bonchev–Trinajstić information content (AvgIpc) is 2.61. The lowest BCUT2D eigenvalue weighted by Crippen LogP contribution is -2.47. The third-order valence-corrected chi connectivity index (χ3v) is 5.89. The molecular formula is C22H32N2. The van der Waals surface area contributed by atoms with Gasteiger partial charge in [-0.3, -0.25) is 0 Å². The molecule has 2 aliphatic carbocycles. The molecule has 2 aliphatic rings. The van der Waals surface area contributed by atoms with Gasteiger partial charge in [-0.2, -0.15) is 0 Å². The van der Waals surface area contributed by atoms with E-state index in [1.807, 2.05) is 0 Å². The lowest BCUT2D eigenvalue weighted by atomic mass is 9.83. The molecule has 0 aliphatic heterocycles. The summed E-state index contributed by atoms with van der Waals surface area (Å²) >= 11 is 0. The van der Waals surface area contributed by atoms with Gasteiger partial charge in [0.05, 0.1) is 0 Å². The van der Waals surface area contributed by atoms with Crippen LogP contribution in [-0.2, 0) is 6.42 Å². The maximum Gasteiger partial charge on any atom is 0.0326 e. The summed E-state index contributed by atoms with van der Waals surface area (Å²) in [7, 11) is 2.10. The molecule has 0 aromatic heterocycles. The Labute approximate surface area is 147 Å². The monoisotopic (exact) mass is 324 g/mol. The van der Waals surface area contributed by atoms with E-state index in [1.165, 1.54) is 36.8 Å². The van der Waals surface area contributed by atoms with Gasteiger partial charge in [-0.1, -0.05) is 55.5 Å². The van der Waals surface area contributed by atoms with Crippen molar-refractivity contribution in [3.63, 3.8) is 0 Å². The third-order valence-electron chi connectivity index (χ3n) is 5.89. The van der Waals surface area contributed by atoms with E-state index in [1.54, 1.807) is 0 Å². The highest BCUT2D eigenvalue weighted by Crippen LogP contribution is 2.31. The van der Waals surface area contributed by atoms with E-state index in [4.69, 9.17) is 0 Å². The Balaban J connectivity index is 1.64. The molecule has 0 saturated heterocycles. The summed E-state index contributed by atoms with van der Waals surface area (Å²) in [6, 6.07) is 10.4. The molecule has 5 unspecified atom stereocenters. The molecule has 2 N–H and O–H groups in total. The number of allylic oxidation sites excluding steroid dienone is 4. The number of likely N-dealkylation sites (N-methyl/N-ethyl adjacent to an activating group) is 1. The van der Waals surface area contributed by atoms with Crippen molar-refractivity contribution in [3.05, 3.63) is 59.7 Å². The van der Waals surface area contributed by atoms with E-state index < -0.39 is 0 Å². The average molecular weight is 325 g/mol. The Morgan fingerprint density at radius 2 is 1.96 bits per heavy atom. The summed E-state index contributed by atoms with van der Waals surface area (Å²) < 4.78 is 0. The van der Waals surface area contributed by atoms with Crippen molar-refractivity contribution in [2.24, 2.45) is 11.8 Å². The second kappa shape index (κ2) is 8.13. The van der Waals surface area contributed by atoms with Crippen LogP contribution in [0.5, 0.6) is 0 Å². The fraction of sp³-hybridized carbons (Fsp3) is 0.545. The Bertz CT molecular complexity index is 589. The number of benzene rings is 1. The summed E-state index contributed by atoms with van der Waals surface area (Å²) in [6.07, 6.45) is 14.0. The smallest absolute Gasteiger partial charge is 0.0326 e. The van der Waals surface area contributed by atoms with E-state index in [0.717, 1.165) is 0 Å². The van der Waals surface area contributed by atoms with Gasteiger partial charge in [0.2, 0.25) is 0 Å². The minimum absolute atomic E-state index is 0.456. The number of hydrogen-bond acceptors (Lipinski definition) is 2. The van der Waals surface area contributed by atoms with Crippen molar-refractivity contribution < 1.29 is 0 Å². The van der Waals surface area contributed by atoms with Crippen molar-refractivity contribution in [1.82, 2.24) is 10.6 Å². The second-order valence-corrected chi connectivity index (χ2v) is 7.52. The fourth-order valence-electron chi connectivity index (χ4n) is 4.28. The molecule has 0 spiro atoms. The summed E-state index contributed by atoms with van der Waals surface area (Å²) in [5.74, 6) is 1.27. The zero-order chi connectivity index (χ0) is 16.9. The predicted octanol–water partition coefficient (Wildman–Crippen LogP) is 4.40. The Morgan fingerprint density at radius 1 is 1.17 bits per heavy atom. The van der Waals surface area contributed by atoms with E-state index in [9.17, 15) is 0 Å². The number of rotatable bonds is 6. The van der Waals surface area contributed by atoms with Crippen LogP contribution in [0.3, 0.4) is 0 Å². The molecule has 0 fully saturated rings. The quantitative estimate of drug-likeness (QED) is 0.810. The maximum absolute atomic E-state index is 3.93. The number of nitrogens with one attached hydrogen (secondary N) is 2. The van der Waals surface area contributed by atoms with Gasteiger partial charge < -0.3 is 10.6 Å². The van der Waals surface area contributed by atoms with Gasteiger partial charge in [0.1, 0.15) is 0 Å². The molecular weight excluding hydrogens is 292 g/mol. The minimum Gasteiger partial charge on any atom is -0.315 e. The van der Waals surface area contributed by atoms with Gasteiger partial charge >= 0.3 is 0 Å². The number of fused-ring (bicyclic) bond motifs is 1. The molecule has 2 nitrogen and oxygen atoms in total. The SMILES string of the molecule is CNC(CC1C=CC=CC1C)C(C)NC1CCCc2ccccc21. The lowest BCUT2D eigenvalue weighted by Gasteiger charge is -2.34. The van der Waals surface area contributed by atoms with Gasteiger partial charge in [-0.05, 0) is 62.6 Å². The Hall–Kier alpha value is -1.38.